The predicted molar refractivity (Wildman–Crippen MR) is 196 cm³/mol. The number of hydrogen-bond acceptors (Lipinski definition) is 7. The number of benzene rings is 3. The number of rotatable bonds is 7. The van der Waals surface area contributed by atoms with Gasteiger partial charge in [0.2, 0.25) is 0 Å². The average Bonchev–Trinajstić information content (AvgIpc) is 3.52. The monoisotopic (exact) mass is 818 g/mol. The Balaban J connectivity index is 0.00000133. The molecule has 2 bridgehead atoms. The van der Waals surface area contributed by atoms with E-state index in [1.807, 2.05) is 43.5 Å². The van der Waals surface area contributed by atoms with Crippen LogP contribution in [0.3, 0.4) is 0 Å². The summed E-state index contributed by atoms with van der Waals surface area (Å²) < 4.78 is 50.6. The summed E-state index contributed by atoms with van der Waals surface area (Å²) in [6.07, 6.45) is 7.40. The van der Waals surface area contributed by atoms with Crippen LogP contribution in [0.1, 0.15) is 61.9 Å². The summed E-state index contributed by atoms with van der Waals surface area (Å²) in [7, 11) is 1.68. The SMILES string of the molecule is CCOC.C[I-]n1ccc2c3c(c(F)cc21)Oc1ccc(F)c(c1)C(/C=C\N)=NC(c1cccc(CCC=O)c1)CCOCC(C)(C)CSC3. The summed E-state index contributed by atoms with van der Waals surface area (Å²) in [4.78, 5) is 18.2. The van der Waals surface area contributed by atoms with Gasteiger partial charge in [-0.25, -0.2) is 0 Å². The Morgan fingerprint density at radius 3 is 2.68 bits per heavy atom. The van der Waals surface area contributed by atoms with Crippen molar-refractivity contribution in [3.63, 3.8) is 0 Å². The van der Waals surface area contributed by atoms with E-state index in [2.05, 4.69) is 26.3 Å². The number of carbonyl (C=O) groups is 1. The van der Waals surface area contributed by atoms with Gasteiger partial charge in [-0.1, -0.05) is 24.3 Å². The van der Waals surface area contributed by atoms with E-state index in [9.17, 15) is 4.79 Å². The van der Waals surface area contributed by atoms with Gasteiger partial charge in [-0.3, -0.25) is 0 Å². The van der Waals surface area contributed by atoms with Gasteiger partial charge in [0.1, 0.15) is 6.29 Å². The van der Waals surface area contributed by atoms with Crippen LogP contribution in [0.2, 0.25) is 0 Å². The minimum absolute atomic E-state index is 0.140. The Morgan fingerprint density at radius 1 is 1.16 bits per heavy atom. The van der Waals surface area contributed by atoms with Crippen LogP contribution in [0.4, 0.5) is 8.78 Å². The quantitative estimate of drug-likeness (QED) is 0.147. The molecule has 2 N–H and O–H groups in total. The van der Waals surface area contributed by atoms with Gasteiger partial charge in [-0.2, -0.15) is 0 Å². The summed E-state index contributed by atoms with van der Waals surface area (Å²) >= 11 is 1.39. The number of aliphatic imine (C=N–C) groups is 1. The van der Waals surface area contributed by atoms with Crippen LogP contribution in [0.15, 0.2) is 78.1 Å². The zero-order valence-electron chi connectivity index (χ0n) is 29.4. The topological polar surface area (TPSA) is 88.1 Å². The number of methoxy groups -OCH3 is 1. The van der Waals surface area contributed by atoms with Crippen molar-refractivity contribution in [1.82, 2.24) is 2.78 Å². The number of allylic oxidation sites excluding steroid dienone is 1. The van der Waals surface area contributed by atoms with E-state index in [0.717, 1.165) is 46.2 Å². The molecule has 5 rings (SSSR count). The number of carbonyl (C=O) groups excluding carboxylic acids is 1. The molecule has 7 nitrogen and oxygen atoms in total. The Kier molecular flexibility index (Phi) is 15.3. The number of ether oxygens (including phenoxy) is 3. The number of aromatic nitrogens is 1. The molecular weight excluding hydrogens is 771 g/mol. The van der Waals surface area contributed by atoms with Crippen LogP contribution in [0.25, 0.3) is 10.9 Å². The first-order valence-corrected chi connectivity index (χ1v) is 20.9. The van der Waals surface area contributed by atoms with Gasteiger partial charge >= 0.3 is 220 Å². The fraction of sp³-hybridized carbons (Fsp3) is 0.385. The third kappa shape index (κ3) is 10.6. The van der Waals surface area contributed by atoms with Crippen molar-refractivity contribution in [3.05, 3.63) is 107 Å². The van der Waals surface area contributed by atoms with Gasteiger partial charge in [0, 0.05) is 20.1 Å². The number of nitrogens with two attached hydrogens (primary N) is 1. The van der Waals surface area contributed by atoms with Crippen molar-refractivity contribution >= 4 is 34.7 Å². The molecule has 1 unspecified atom stereocenters. The van der Waals surface area contributed by atoms with Crippen molar-refractivity contribution in [3.8, 4) is 11.5 Å². The number of thioether (sulfide) groups is 1. The summed E-state index contributed by atoms with van der Waals surface area (Å²) in [6, 6.07) is 15.5. The maximum absolute atomic E-state index is 15.9. The van der Waals surface area contributed by atoms with Crippen LogP contribution in [0.5, 0.6) is 11.5 Å². The van der Waals surface area contributed by atoms with Crippen LogP contribution in [0, 0.1) is 17.0 Å². The summed E-state index contributed by atoms with van der Waals surface area (Å²) in [5.41, 5.74) is 9.79. The first kappa shape index (κ1) is 39.5. The molecular formula is C39H47F2IN3O4S-. The van der Waals surface area contributed by atoms with Gasteiger partial charge in [0.25, 0.3) is 0 Å². The molecule has 0 amide bonds. The summed E-state index contributed by atoms with van der Waals surface area (Å²) in [5, 5.41) is 0.950. The van der Waals surface area contributed by atoms with E-state index in [4.69, 9.17) is 20.2 Å². The number of fused-ring (bicyclic) bond motifs is 5. The van der Waals surface area contributed by atoms with E-state index in [-0.39, 0.29) is 44.2 Å². The van der Waals surface area contributed by atoms with Crippen molar-refractivity contribution < 1.29 is 49.3 Å². The average molecular weight is 819 g/mol. The zero-order chi connectivity index (χ0) is 36.1. The van der Waals surface area contributed by atoms with Gasteiger partial charge in [0.05, 0.1) is 0 Å². The third-order valence-electron chi connectivity index (χ3n) is 8.07. The van der Waals surface area contributed by atoms with Gasteiger partial charge in [-0.05, 0) is 24.5 Å². The molecule has 2 heterocycles. The number of aryl methyl sites for hydroxylation is 1. The molecule has 1 aliphatic heterocycles. The number of aldehydes is 1. The molecule has 4 aromatic rings. The van der Waals surface area contributed by atoms with E-state index in [1.54, 1.807) is 31.0 Å². The van der Waals surface area contributed by atoms with Gasteiger partial charge < -0.3 is 15.3 Å². The van der Waals surface area contributed by atoms with E-state index >= 15 is 8.78 Å². The number of alkyl halides is 1. The second-order valence-electron chi connectivity index (χ2n) is 12.6. The molecule has 11 heteroatoms. The molecule has 270 valence electrons. The Labute approximate surface area is 309 Å². The first-order valence-electron chi connectivity index (χ1n) is 16.6. The number of nitrogens with zero attached hydrogens (tertiary/aromatic N) is 2. The fourth-order valence-corrected chi connectivity index (χ4v) is 8.14. The Bertz CT molecular complexity index is 1790. The molecule has 1 aromatic heterocycles. The van der Waals surface area contributed by atoms with E-state index in [1.165, 1.54) is 24.4 Å². The van der Waals surface area contributed by atoms with Crippen LogP contribution >= 0.6 is 11.8 Å². The first-order chi connectivity index (χ1) is 24.1. The summed E-state index contributed by atoms with van der Waals surface area (Å²) in [5.74, 6) is 0.797. The molecule has 0 spiro atoms. The number of halogens is 3. The van der Waals surface area contributed by atoms with Crippen LogP contribution in [-0.4, -0.2) is 52.4 Å². The van der Waals surface area contributed by atoms with Crippen molar-refractivity contribution in [1.29, 1.82) is 0 Å². The van der Waals surface area contributed by atoms with Crippen molar-refractivity contribution in [2.24, 2.45) is 16.1 Å². The standard InChI is InChI=1S/C36H39F2IN3O3S.C3H8O/c1-36(2)22-44-17-13-32(25-8-4-6-24(18-25)7-5-16-43)41-33(11-14-40)28-19-26(9-10-30(28)37)45-35-29(21-46-23-36)27-12-15-42(39-3)34(27)20-31(35)38;1-3-4-2/h4,6,8-12,14-16,18-20,32H,5,7,13,17,21-23,40H2,1-3H3;3H2,1-2H3/q-1;/b14-11-,41-33?;. The maximum atomic E-state index is 15.9. The van der Waals surface area contributed by atoms with Gasteiger partial charge in [0.15, 0.2) is 0 Å². The van der Waals surface area contributed by atoms with Crippen molar-refractivity contribution in [2.75, 3.05) is 37.6 Å². The molecule has 0 fully saturated rings. The molecule has 0 radical (unpaired) electrons. The second-order valence-corrected chi connectivity index (χ2v) is 15.5. The van der Waals surface area contributed by atoms with E-state index in [0.29, 0.717) is 49.7 Å². The molecule has 1 atom stereocenters. The molecule has 1 aliphatic rings. The molecule has 3 aromatic carbocycles. The summed E-state index contributed by atoms with van der Waals surface area (Å²) in [6.45, 7) is 8.07. The van der Waals surface area contributed by atoms with E-state index < -0.39 is 11.6 Å². The second kappa shape index (κ2) is 19.4. The van der Waals surface area contributed by atoms with Crippen LogP contribution in [-0.2, 0) is 26.4 Å². The van der Waals surface area contributed by atoms with Crippen LogP contribution < -0.4 is 31.9 Å². The predicted octanol–water partition coefficient (Wildman–Crippen LogP) is 5.66. The molecule has 0 saturated heterocycles. The molecule has 0 saturated carbocycles. The zero-order valence-corrected chi connectivity index (χ0v) is 32.4. The Hall–Kier alpha value is -3.26. The third-order valence-corrected chi connectivity index (χ3v) is 11.4. The molecule has 0 aliphatic carbocycles. The fourth-order valence-electron chi connectivity index (χ4n) is 5.51. The minimum atomic E-state index is -0.505. The Morgan fingerprint density at radius 2 is 1.96 bits per heavy atom. The van der Waals surface area contributed by atoms with Gasteiger partial charge in [-0.15, -0.1) is 0 Å². The number of hydrogen-bond donors (Lipinski definition) is 1. The normalized spacial score (nSPS) is 16.9. The van der Waals surface area contributed by atoms with Crippen molar-refractivity contribution in [2.45, 2.75) is 51.8 Å². The molecule has 50 heavy (non-hydrogen) atoms.